The summed E-state index contributed by atoms with van der Waals surface area (Å²) in [5.74, 6) is 0.383. The lowest BCUT2D eigenvalue weighted by Gasteiger charge is -2.20. The molecule has 5 heteroatoms. The number of rotatable bonds is 8. The highest BCUT2D eigenvalue weighted by Gasteiger charge is 2.16. The van der Waals surface area contributed by atoms with E-state index in [-0.39, 0.29) is 6.10 Å². The van der Waals surface area contributed by atoms with Gasteiger partial charge in [0.05, 0.1) is 22.0 Å². The Morgan fingerprint density at radius 1 is 1.32 bits per heavy atom. The molecule has 4 nitrogen and oxygen atoms in total. The van der Waals surface area contributed by atoms with E-state index in [1.54, 1.807) is 0 Å². The summed E-state index contributed by atoms with van der Waals surface area (Å²) in [6.45, 7) is 10.6. The number of aliphatic hydroxyl groups is 1. The van der Waals surface area contributed by atoms with E-state index in [2.05, 4.69) is 47.1 Å². The summed E-state index contributed by atoms with van der Waals surface area (Å²) < 4.78 is 3.06. The predicted molar refractivity (Wildman–Crippen MR) is 82.1 cm³/mol. The molecule has 0 amide bonds. The van der Waals surface area contributed by atoms with Crippen LogP contribution in [0, 0.1) is 12.8 Å². The Labute approximate surface area is 124 Å². The predicted octanol–water partition coefficient (Wildman–Crippen LogP) is 2.86. The van der Waals surface area contributed by atoms with Crippen LogP contribution in [-0.2, 0) is 13.1 Å². The zero-order valence-electron chi connectivity index (χ0n) is 12.4. The first kappa shape index (κ1) is 16.7. The van der Waals surface area contributed by atoms with Crippen molar-refractivity contribution in [2.75, 3.05) is 6.54 Å². The van der Waals surface area contributed by atoms with Crippen LogP contribution in [0.2, 0.25) is 0 Å². The van der Waals surface area contributed by atoms with Gasteiger partial charge in [-0.2, -0.15) is 5.10 Å². The molecule has 110 valence electrons. The third-order valence-electron chi connectivity index (χ3n) is 3.69. The first-order valence-electron chi connectivity index (χ1n) is 7.15. The molecule has 0 aliphatic rings. The molecule has 1 atom stereocenters. The van der Waals surface area contributed by atoms with Crippen LogP contribution in [0.15, 0.2) is 4.47 Å². The lowest BCUT2D eigenvalue weighted by atomic mass is 9.96. The van der Waals surface area contributed by atoms with E-state index in [0.29, 0.717) is 12.5 Å². The van der Waals surface area contributed by atoms with Gasteiger partial charge in [0.2, 0.25) is 0 Å². The summed E-state index contributed by atoms with van der Waals surface area (Å²) in [4.78, 5) is 0. The monoisotopic (exact) mass is 331 g/mol. The molecule has 0 bridgehead atoms. The molecule has 0 saturated carbocycles. The van der Waals surface area contributed by atoms with Crippen LogP contribution in [0.5, 0.6) is 0 Å². The first-order valence-corrected chi connectivity index (χ1v) is 7.94. The fourth-order valence-corrected chi connectivity index (χ4v) is 2.80. The molecule has 0 aliphatic heterocycles. The van der Waals surface area contributed by atoms with Crippen molar-refractivity contribution >= 4 is 15.9 Å². The Bertz CT molecular complexity index is 388. The van der Waals surface area contributed by atoms with Crippen LogP contribution in [-0.4, -0.2) is 27.5 Å². The van der Waals surface area contributed by atoms with Crippen molar-refractivity contribution in [3.05, 3.63) is 15.9 Å². The molecule has 19 heavy (non-hydrogen) atoms. The summed E-state index contributed by atoms with van der Waals surface area (Å²) in [5.41, 5.74) is 2.16. The van der Waals surface area contributed by atoms with Gasteiger partial charge in [-0.3, -0.25) is 4.68 Å². The number of aliphatic hydroxyl groups excluding tert-OH is 1. The maximum Gasteiger partial charge on any atom is 0.0739 e. The quantitative estimate of drug-likeness (QED) is 0.770. The number of hydrogen-bond acceptors (Lipinski definition) is 3. The van der Waals surface area contributed by atoms with Crippen molar-refractivity contribution in [3.8, 4) is 0 Å². The highest BCUT2D eigenvalue weighted by Crippen LogP contribution is 2.21. The van der Waals surface area contributed by atoms with Crippen molar-refractivity contribution in [1.82, 2.24) is 15.1 Å². The first-order chi connectivity index (χ1) is 9.04. The van der Waals surface area contributed by atoms with E-state index < -0.39 is 0 Å². The SMILES string of the molecule is CCC(CC)C(O)CNCc1c(Br)c(C)nn1CC. The standard InChI is InChI=1S/C14H26BrN3O/c1-5-11(6-2)13(19)9-16-8-12-14(15)10(4)17-18(12)7-3/h11,13,16,19H,5-9H2,1-4H3. The highest BCUT2D eigenvalue weighted by atomic mass is 79.9. The van der Waals surface area contributed by atoms with Crippen LogP contribution in [0.1, 0.15) is 45.0 Å². The van der Waals surface area contributed by atoms with Gasteiger partial charge in [-0.25, -0.2) is 0 Å². The van der Waals surface area contributed by atoms with Crippen molar-refractivity contribution < 1.29 is 5.11 Å². The summed E-state index contributed by atoms with van der Waals surface area (Å²) in [6.07, 6.45) is 1.78. The molecular formula is C14H26BrN3O. The van der Waals surface area contributed by atoms with E-state index in [4.69, 9.17) is 0 Å². The Morgan fingerprint density at radius 2 is 1.95 bits per heavy atom. The normalized spacial score (nSPS) is 13.2. The molecule has 0 fully saturated rings. The van der Waals surface area contributed by atoms with Gasteiger partial charge in [-0.05, 0) is 35.7 Å². The van der Waals surface area contributed by atoms with Crippen molar-refractivity contribution in [1.29, 1.82) is 0 Å². The van der Waals surface area contributed by atoms with Gasteiger partial charge in [0, 0.05) is 19.6 Å². The average Bonchev–Trinajstić information content (AvgIpc) is 2.67. The van der Waals surface area contributed by atoms with E-state index in [1.807, 2.05) is 11.6 Å². The number of hydrogen-bond donors (Lipinski definition) is 2. The van der Waals surface area contributed by atoms with Gasteiger partial charge in [0.1, 0.15) is 0 Å². The Kier molecular flexibility index (Phi) is 7.04. The third kappa shape index (κ3) is 4.29. The Morgan fingerprint density at radius 3 is 2.47 bits per heavy atom. The summed E-state index contributed by atoms with van der Waals surface area (Å²) in [6, 6.07) is 0. The Hall–Kier alpha value is -0.390. The van der Waals surface area contributed by atoms with Crippen molar-refractivity contribution in [3.63, 3.8) is 0 Å². The van der Waals surface area contributed by atoms with Crippen LogP contribution < -0.4 is 5.32 Å². The lowest BCUT2D eigenvalue weighted by molar-refractivity contribution is 0.101. The van der Waals surface area contributed by atoms with E-state index >= 15 is 0 Å². The van der Waals surface area contributed by atoms with Crippen LogP contribution in [0.4, 0.5) is 0 Å². The van der Waals surface area contributed by atoms with Crippen LogP contribution in [0.3, 0.4) is 0 Å². The minimum atomic E-state index is -0.270. The minimum absolute atomic E-state index is 0.270. The molecule has 0 spiro atoms. The zero-order chi connectivity index (χ0) is 14.4. The second-order valence-corrected chi connectivity index (χ2v) is 5.73. The zero-order valence-corrected chi connectivity index (χ0v) is 14.0. The second-order valence-electron chi connectivity index (χ2n) is 4.94. The van der Waals surface area contributed by atoms with E-state index in [9.17, 15) is 5.11 Å². The maximum atomic E-state index is 10.1. The highest BCUT2D eigenvalue weighted by molar-refractivity contribution is 9.10. The molecule has 0 radical (unpaired) electrons. The van der Waals surface area contributed by atoms with E-state index in [1.165, 1.54) is 0 Å². The summed E-state index contributed by atoms with van der Waals surface area (Å²) >= 11 is 3.58. The molecule has 1 aromatic rings. The number of nitrogens with one attached hydrogen (secondary N) is 1. The summed E-state index contributed by atoms with van der Waals surface area (Å²) in [5, 5.41) is 17.9. The van der Waals surface area contributed by atoms with Gasteiger partial charge in [0.25, 0.3) is 0 Å². The van der Waals surface area contributed by atoms with Gasteiger partial charge < -0.3 is 10.4 Å². The van der Waals surface area contributed by atoms with Crippen molar-refractivity contribution in [2.24, 2.45) is 5.92 Å². The third-order valence-corrected chi connectivity index (χ3v) is 4.72. The molecule has 1 heterocycles. The van der Waals surface area contributed by atoms with Gasteiger partial charge in [-0.15, -0.1) is 0 Å². The summed E-state index contributed by atoms with van der Waals surface area (Å²) in [7, 11) is 0. The van der Waals surface area contributed by atoms with Crippen LogP contribution in [0.25, 0.3) is 0 Å². The van der Waals surface area contributed by atoms with Gasteiger partial charge in [-0.1, -0.05) is 26.7 Å². The lowest BCUT2D eigenvalue weighted by Crippen LogP contribution is -2.32. The number of nitrogens with zero attached hydrogens (tertiary/aromatic N) is 2. The van der Waals surface area contributed by atoms with Crippen LogP contribution >= 0.6 is 15.9 Å². The van der Waals surface area contributed by atoms with Gasteiger partial charge >= 0.3 is 0 Å². The average molecular weight is 332 g/mol. The number of halogens is 1. The Balaban J connectivity index is 2.53. The number of aromatic nitrogens is 2. The largest absolute Gasteiger partial charge is 0.392 e. The fourth-order valence-electron chi connectivity index (χ4n) is 2.38. The topological polar surface area (TPSA) is 50.1 Å². The molecule has 2 N–H and O–H groups in total. The molecule has 1 aromatic heterocycles. The van der Waals surface area contributed by atoms with Crippen molar-refractivity contribution in [2.45, 2.75) is 59.7 Å². The molecule has 1 unspecified atom stereocenters. The molecular weight excluding hydrogens is 306 g/mol. The van der Waals surface area contributed by atoms with E-state index in [0.717, 1.165) is 41.8 Å². The number of aryl methyl sites for hydroxylation is 2. The molecule has 0 aliphatic carbocycles. The maximum absolute atomic E-state index is 10.1. The molecule has 0 saturated heterocycles. The fraction of sp³-hybridized carbons (Fsp3) is 0.786. The minimum Gasteiger partial charge on any atom is -0.392 e. The second kappa shape index (κ2) is 8.02. The molecule has 0 aromatic carbocycles. The van der Waals surface area contributed by atoms with Gasteiger partial charge in [0.15, 0.2) is 0 Å². The molecule has 1 rings (SSSR count). The smallest absolute Gasteiger partial charge is 0.0739 e.